The van der Waals surface area contributed by atoms with E-state index in [4.69, 9.17) is 9.47 Å². The van der Waals surface area contributed by atoms with Gasteiger partial charge in [0, 0.05) is 24.7 Å². The smallest absolute Gasteiger partial charge is 0.236 e. The van der Waals surface area contributed by atoms with E-state index in [0.29, 0.717) is 30.2 Å². The molecule has 6 heteroatoms. The first-order valence-corrected chi connectivity index (χ1v) is 6.24. The molecule has 0 aromatic heterocycles. The molecule has 3 N–H and O–H groups in total. The molecule has 0 bridgehead atoms. The fraction of sp³-hybridized carbons (Fsp3) is 0.462. The number of hydrogen-bond acceptors (Lipinski definition) is 5. The van der Waals surface area contributed by atoms with Crippen LogP contribution >= 0.6 is 0 Å². The Morgan fingerprint density at radius 3 is 2.79 bits per heavy atom. The summed E-state index contributed by atoms with van der Waals surface area (Å²) in [6.07, 6.45) is 0. The van der Waals surface area contributed by atoms with Crippen LogP contribution in [0.4, 0.5) is 0 Å². The van der Waals surface area contributed by atoms with Crippen LogP contribution in [0.15, 0.2) is 12.1 Å². The normalized spacial score (nSPS) is 14.2. The van der Waals surface area contributed by atoms with E-state index in [1.54, 1.807) is 13.0 Å². The molecule has 0 aliphatic carbocycles. The Morgan fingerprint density at radius 2 is 2.11 bits per heavy atom. The van der Waals surface area contributed by atoms with E-state index in [1.807, 2.05) is 6.92 Å². The topological polar surface area (TPSA) is 79.8 Å². The van der Waals surface area contributed by atoms with Crippen molar-refractivity contribution in [1.29, 1.82) is 0 Å². The molecule has 1 aromatic rings. The van der Waals surface area contributed by atoms with E-state index in [0.717, 1.165) is 0 Å². The maximum atomic E-state index is 11.6. The van der Waals surface area contributed by atoms with Crippen molar-refractivity contribution < 1.29 is 19.4 Å². The van der Waals surface area contributed by atoms with E-state index in [2.05, 4.69) is 10.6 Å². The van der Waals surface area contributed by atoms with Gasteiger partial charge in [0.25, 0.3) is 0 Å². The van der Waals surface area contributed by atoms with Crippen LogP contribution in [-0.4, -0.2) is 30.4 Å². The molecule has 0 radical (unpaired) electrons. The van der Waals surface area contributed by atoms with Gasteiger partial charge in [0.2, 0.25) is 12.7 Å². The van der Waals surface area contributed by atoms with Gasteiger partial charge in [0.05, 0.1) is 6.04 Å². The van der Waals surface area contributed by atoms with Crippen molar-refractivity contribution >= 4 is 5.91 Å². The summed E-state index contributed by atoms with van der Waals surface area (Å²) in [6, 6.07) is 2.91. The minimum Gasteiger partial charge on any atom is -0.507 e. The third-order valence-electron chi connectivity index (χ3n) is 2.92. The summed E-state index contributed by atoms with van der Waals surface area (Å²) < 4.78 is 10.4. The van der Waals surface area contributed by atoms with E-state index in [-0.39, 0.29) is 24.5 Å². The van der Waals surface area contributed by atoms with Gasteiger partial charge in [-0.05, 0) is 19.9 Å². The maximum Gasteiger partial charge on any atom is 0.236 e. The summed E-state index contributed by atoms with van der Waals surface area (Å²) in [5.74, 6) is 1.21. The van der Waals surface area contributed by atoms with Crippen LogP contribution < -0.4 is 20.1 Å². The zero-order valence-corrected chi connectivity index (χ0v) is 11.0. The minimum atomic E-state index is -0.329. The Balaban J connectivity index is 1.98. The van der Waals surface area contributed by atoms with Gasteiger partial charge in [-0.2, -0.15) is 0 Å². The van der Waals surface area contributed by atoms with Crippen LogP contribution in [0.3, 0.4) is 0 Å². The molecular weight excluding hydrogens is 248 g/mol. The van der Waals surface area contributed by atoms with E-state index < -0.39 is 0 Å². The standard InChI is InChI=1S/C13H18N2O4/c1-3-14-13(17)8(2)15-6-9-4-11-12(5-10(9)16)19-7-18-11/h4-5,8,15-16H,3,6-7H2,1-2H3,(H,14,17). The number of ether oxygens (including phenoxy) is 2. The average Bonchev–Trinajstić information content (AvgIpc) is 2.82. The van der Waals surface area contributed by atoms with Gasteiger partial charge in [-0.15, -0.1) is 0 Å². The summed E-state index contributed by atoms with van der Waals surface area (Å²) in [5, 5.41) is 15.6. The highest BCUT2D eigenvalue weighted by Crippen LogP contribution is 2.37. The molecule has 104 valence electrons. The number of likely N-dealkylation sites (N-methyl/N-ethyl adjacent to an activating group) is 1. The van der Waals surface area contributed by atoms with E-state index >= 15 is 0 Å². The average molecular weight is 266 g/mol. The number of nitrogens with one attached hydrogen (secondary N) is 2. The SMILES string of the molecule is CCNC(=O)C(C)NCc1cc2c(cc1O)OCO2. The summed E-state index contributed by atoms with van der Waals surface area (Å²) >= 11 is 0. The van der Waals surface area contributed by atoms with Gasteiger partial charge in [-0.25, -0.2) is 0 Å². The summed E-state index contributed by atoms with van der Waals surface area (Å²) in [7, 11) is 0. The van der Waals surface area contributed by atoms with Crippen molar-refractivity contribution in [3.63, 3.8) is 0 Å². The monoisotopic (exact) mass is 266 g/mol. The highest BCUT2D eigenvalue weighted by molar-refractivity contribution is 5.81. The number of benzene rings is 1. The Hall–Kier alpha value is -1.95. The quantitative estimate of drug-likeness (QED) is 0.732. The van der Waals surface area contributed by atoms with Gasteiger partial charge in [0.15, 0.2) is 11.5 Å². The van der Waals surface area contributed by atoms with Crippen LogP contribution in [-0.2, 0) is 11.3 Å². The van der Waals surface area contributed by atoms with Crippen molar-refractivity contribution in [3.8, 4) is 17.2 Å². The second kappa shape index (κ2) is 5.79. The van der Waals surface area contributed by atoms with E-state index in [1.165, 1.54) is 6.07 Å². The summed E-state index contributed by atoms with van der Waals surface area (Å²) in [4.78, 5) is 11.6. The lowest BCUT2D eigenvalue weighted by Crippen LogP contribution is -2.41. The largest absolute Gasteiger partial charge is 0.507 e. The Kier molecular flexibility index (Phi) is 4.11. The molecule has 1 unspecified atom stereocenters. The number of carbonyl (C=O) groups is 1. The van der Waals surface area contributed by atoms with Crippen LogP contribution in [0, 0.1) is 0 Å². The molecule has 0 spiro atoms. The lowest BCUT2D eigenvalue weighted by molar-refractivity contribution is -0.122. The molecule has 1 aliphatic rings. The first-order valence-electron chi connectivity index (χ1n) is 6.24. The van der Waals surface area contributed by atoms with Crippen molar-refractivity contribution in [2.45, 2.75) is 26.4 Å². The zero-order chi connectivity index (χ0) is 13.8. The maximum absolute atomic E-state index is 11.6. The van der Waals surface area contributed by atoms with Gasteiger partial charge in [0.1, 0.15) is 5.75 Å². The predicted molar refractivity (Wildman–Crippen MR) is 69.2 cm³/mol. The Morgan fingerprint density at radius 1 is 1.42 bits per heavy atom. The van der Waals surface area contributed by atoms with Crippen LogP contribution in [0.2, 0.25) is 0 Å². The number of rotatable bonds is 5. The second-order valence-corrected chi connectivity index (χ2v) is 4.33. The van der Waals surface area contributed by atoms with Crippen molar-refractivity contribution in [1.82, 2.24) is 10.6 Å². The molecule has 1 aromatic carbocycles. The van der Waals surface area contributed by atoms with E-state index in [9.17, 15) is 9.90 Å². The number of amides is 1. The number of phenols is 1. The summed E-state index contributed by atoms with van der Waals surface area (Å²) in [5.41, 5.74) is 0.667. The van der Waals surface area contributed by atoms with Gasteiger partial charge in [-0.3, -0.25) is 4.79 Å². The molecule has 1 amide bonds. The van der Waals surface area contributed by atoms with Gasteiger partial charge in [-0.1, -0.05) is 0 Å². The number of aromatic hydroxyl groups is 1. The highest BCUT2D eigenvalue weighted by atomic mass is 16.7. The van der Waals surface area contributed by atoms with Gasteiger partial charge >= 0.3 is 0 Å². The number of fused-ring (bicyclic) bond motifs is 1. The molecule has 1 aliphatic heterocycles. The minimum absolute atomic E-state index is 0.0669. The summed E-state index contributed by atoms with van der Waals surface area (Å²) in [6.45, 7) is 4.78. The molecule has 1 heterocycles. The van der Waals surface area contributed by atoms with Crippen LogP contribution in [0.5, 0.6) is 17.2 Å². The third-order valence-corrected chi connectivity index (χ3v) is 2.92. The Labute approximate surface area is 111 Å². The highest BCUT2D eigenvalue weighted by Gasteiger charge is 2.18. The second-order valence-electron chi connectivity index (χ2n) is 4.33. The first-order chi connectivity index (χ1) is 9.11. The fourth-order valence-corrected chi connectivity index (χ4v) is 1.80. The van der Waals surface area contributed by atoms with Crippen molar-refractivity contribution in [2.75, 3.05) is 13.3 Å². The molecule has 0 fully saturated rings. The third kappa shape index (κ3) is 3.08. The fourth-order valence-electron chi connectivity index (χ4n) is 1.80. The van der Waals surface area contributed by atoms with Crippen molar-refractivity contribution in [3.05, 3.63) is 17.7 Å². The van der Waals surface area contributed by atoms with Crippen LogP contribution in [0.1, 0.15) is 19.4 Å². The molecule has 1 atom stereocenters. The Bertz CT molecular complexity index is 476. The number of phenolic OH excluding ortho intramolecular Hbond substituents is 1. The zero-order valence-electron chi connectivity index (χ0n) is 11.0. The molecular formula is C13H18N2O4. The van der Waals surface area contributed by atoms with Gasteiger partial charge < -0.3 is 25.2 Å². The molecule has 6 nitrogen and oxygen atoms in total. The number of hydrogen-bond donors (Lipinski definition) is 3. The lowest BCUT2D eigenvalue weighted by Gasteiger charge is -2.14. The molecule has 19 heavy (non-hydrogen) atoms. The van der Waals surface area contributed by atoms with Crippen molar-refractivity contribution in [2.24, 2.45) is 0 Å². The first kappa shape index (κ1) is 13.5. The molecule has 0 saturated carbocycles. The van der Waals surface area contributed by atoms with Crippen LogP contribution in [0.25, 0.3) is 0 Å². The predicted octanol–water partition coefficient (Wildman–Crippen LogP) is 0.735. The molecule has 2 rings (SSSR count). The number of carbonyl (C=O) groups excluding carboxylic acids is 1. The lowest BCUT2D eigenvalue weighted by atomic mass is 10.1. The molecule has 0 saturated heterocycles.